The summed E-state index contributed by atoms with van der Waals surface area (Å²) < 4.78 is 29.6. The van der Waals surface area contributed by atoms with Crippen LogP contribution in [0.1, 0.15) is 127 Å². The number of hydrogen-bond acceptors (Lipinski definition) is 0. The van der Waals surface area contributed by atoms with E-state index in [1.807, 2.05) is 12.1 Å². The van der Waals surface area contributed by atoms with E-state index in [0.29, 0.717) is 11.1 Å². The molecule has 0 heterocycles. The van der Waals surface area contributed by atoms with Crippen LogP contribution in [-0.2, 0) is 0 Å². The lowest BCUT2D eigenvalue weighted by Crippen LogP contribution is -2.14. The van der Waals surface area contributed by atoms with Crippen molar-refractivity contribution in [1.82, 2.24) is 0 Å². The van der Waals surface area contributed by atoms with Gasteiger partial charge >= 0.3 is 0 Å². The molecule has 1 atom stereocenters. The van der Waals surface area contributed by atoms with Gasteiger partial charge in [-0.15, -0.1) is 0 Å². The van der Waals surface area contributed by atoms with Gasteiger partial charge in [-0.3, -0.25) is 0 Å². The minimum atomic E-state index is -0.670. The first-order valence-electron chi connectivity index (χ1n) is 13.4. The number of benzene rings is 1. The van der Waals surface area contributed by atoms with Crippen molar-refractivity contribution in [3.63, 3.8) is 0 Å². The third kappa shape index (κ3) is 7.29. The molecule has 3 rings (SSSR count). The molecule has 178 valence electrons. The normalized spacial score (nSPS) is 24.1. The fraction of sp³-hybridized carbons (Fsp3) is 0.667. The molecule has 0 nitrogen and oxygen atoms in total. The molecule has 0 N–H and O–H groups in total. The fourth-order valence-electron chi connectivity index (χ4n) is 5.78. The lowest BCUT2D eigenvalue weighted by molar-refractivity contribution is 0.253. The highest BCUT2D eigenvalue weighted by Crippen LogP contribution is 2.37. The van der Waals surface area contributed by atoms with Gasteiger partial charge in [0.1, 0.15) is 0 Å². The maximum Gasteiger partial charge on any atom is 0.166 e. The Hall–Kier alpha value is -1.44. The quantitative estimate of drug-likeness (QED) is 0.236. The van der Waals surface area contributed by atoms with Crippen molar-refractivity contribution in [1.29, 1.82) is 0 Å². The lowest BCUT2D eigenvalue weighted by atomic mass is 9.78. The van der Waals surface area contributed by atoms with Gasteiger partial charge in [-0.2, -0.15) is 0 Å². The first-order valence-corrected chi connectivity index (χ1v) is 13.4. The predicted molar refractivity (Wildman–Crippen MR) is 134 cm³/mol. The van der Waals surface area contributed by atoms with E-state index in [1.165, 1.54) is 76.2 Å². The van der Waals surface area contributed by atoms with E-state index in [-0.39, 0.29) is 5.92 Å². The van der Waals surface area contributed by atoms with Crippen LogP contribution in [0.15, 0.2) is 29.9 Å². The van der Waals surface area contributed by atoms with Crippen LogP contribution in [0.5, 0.6) is 0 Å². The number of allylic oxidation sites excluding steroid dienone is 3. The Kier molecular flexibility index (Phi) is 10.5. The fourth-order valence-corrected chi connectivity index (χ4v) is 5.78. The van der Waals surface area contributed by atoms with Crippen molar-refractivity contribution < 1.29 is 8.78 Å². The minimum absolute atomic E-state index is 0.111. The third-order valence-electron chi connectivity index (χ3n) is 7.89. The summed E-state index contributed by atoms with van der Waals surface area (Å²) in [7, 11) is 0. The molecule has 2 heteroatoms. The van der Waals surface area contributed by atoms with E-state index in [2.05, 4.69) is 19.9 Å². The Balaban J connectivity index is 1.48. The molecule has 1 aromatic rings. The Morgan fingerprint density at radius 1 is 0.875 bits per heavy atom. The van der Waals surface area contributed by atoms with E-state index >= 15 is 0 Å². The largest absolute Gasteiger partial charge is 0.203 e. The molecule has 1 unspecified atom stereocenters. The maximum absolute atomic E-state index is 14.9. The highest BCUT2D eigenvalue weighted by atomic mass is 19.2. The summed E-state index contributed by atoms with van der Waals surface area (Å²) in [5, 5.41) is 0. The summed E-state index contributed by atoms with van der Waals surface area (Å²) >= 11 is 0. The van der Waals surface area contributed by atoms with Gasteiger partial charge in [-0.1, -0.05) is 101 Å². The Morgan fingerprint density at radius 3 is 2.28 bits per heavy atom. The second-order valence-corrected chi connectivity index (χ2v) is 10.3. The van der Waals surface area contributed by atoms with Gasteiger partial charge in [0.05, 0.1) is 0 Å². The van der Waals surface area contributed by atoms with Crippen LogP contribution in [0.4, 0.5) is 8.78 Å². The lowest BCUT2D eigenvalue weighted by Gasteiger charge is -2.28. The van der Waals surface area contributed by atoms with Gasteiger partial charge < -0.3 is 0 Å². The summed E-state index contributed by atoms with van der Waals surface area (Å²) in [6.07, 6.45) is 24.1. The zero-order valence-electron chi connectivity index (χ0n) is 20.5. The highest BCUT2D eigenvalue weighted by Gasteiger charge is 2.22. The molecule has 0 radical (unpaired) electrons. The topological polar surface area (TPSA) is 0 Å². The van der Waals surface area contributed by atoms with E-state index in [1.54, 1.807) is 12.1 Å². The van der Waals surface area contributed by atoms with Crippen molar-refractivity contribution in [2.75, 3.05) is 0 Å². The van der Waals surface area contributed by atoms with Crippen LogP contribution in [-0.4, -0.2) is 0 Å². The molecule has 32 heavy (non-hydrogen) atoms. The molecule has 0 amide bonds. The smallest absolute Gasteiger partial charge is 0.166 e. The van der Waals surface area contributed by atoms with Crippen molar-refractivity contribution in [2.24, 2.45) is 11.8 Å². The van der Waals surface area contributed by atoms with E-state index in [0.717, 1.165) is 37.5 Å². The molecular weight excluding hydrogens is 398 g/mol. The average molecular weight is 443 g/mol. The summed E-state index contributed by atoms with van der Waals surface area (Å²) in [6, 6.07) is 3.61. The van der Waals surface area contributed by atoms with Crippen LogP contribution >= 0.6 is 0 Å². The Bertz CT molecular complexity index is 752. The summed E-state index contributed by atoms with van der Waals surface area (Å²) in [5.41, 5.74) is 2.46. The Morgan fingerprint density at radius 2 is 1.62 bits per heavy atom. The molecule has 2 aliphatic carbocycles. The van der Waals surface area contributed by atoms with Crippen LogP contribution in [0.25, 0.3) is 6.08 Å². The third-order valence-corrected chi connectivity index (χ3v) is 7.89. The van der Waals surface area contributed by atoms with Gasteiger partial charge in [0.15, 0.2) is 11.6 Å². The number of halogens is 2. The van der Waals surface area contributed by atoms with Crippen LogP contribution in [0.3, 0.4) is 0 Å². The molecule has 2 aliphatic rings. The predicted octanol–water partition coefficient (Wildman–Crippen LogP) is 10.1. The van der Waals surface area contributed by atoms with Crippen molar-refractivity contribution >= 4 is 6.08 Å². The van der Waals surface area contributed by atoms with Gasteiger partial charge in [0, 0.05) is 5.56 Å². The molecule has 1 saturated carbocycles. The van der Waals surface area contributed by atoms with Crippen LogP contribution in [0, 0.1) is 23.5 Å². The van der Waals surface area contributed by atoms with Crippen LogP contribution < -0.4 is 0 Å². The van der Waals surface area contributed by atoms with Gasteiger partial charge in [0.25, 0.3) is 0 Å². The zero-order valence-corrected chi connectivity index (χ0v) is 20.5. The second-order valence-electron chi connectivity index (χ2n) is 10.3. The molecule has 0 aromatic heterocycles. The highest BCUT2D eigenvalue weighted by molar-refractivity contribution is 5.51. The average Bonchev–Trinajstić information content (AvgIpc) is 2.81. The van der Waals surface area contributed by atoms with Gasteiger partial charge in [-0.05, 0) is 68.3 Å². The first-order chi connectivity index (χ1) is 15.6. The second kappa shape index (κ2) is 13.3. The molecule has 0 saturated heterocycles. The standard InChI is InChI=1S/C30H44F2/c1-3-5-6-10-25-17-19-26(20-18-25)28-22-21-27(29(31)30(28)32)12-8-7-11-24-15-13-23(9-4-2)14-16-24/h8,12,17,21-24,26H,3-7,9-11,13-16,18-20H2,1-2H3. The summed E-state index contributed by atoms with van der Waals surface area (Å²) in [6.45, 7) is 4.50. The zero-order chi connectivity index (χ0) is 22.8. The monoisotopic (exact) mass is 442 g/mol. The van der Waals surface area contributed by atoms with Crippen molar-refractivity contribution in [3.05, 3.63) is 52.6 Å². The van der Waals surface area contributed by atoms with Gasteiger partial charge in [0.2, 0.25) is 0 Å². The van der Waals surface area contributed by atoms with E-state index < -0.39 is 11.6 Å². The number of unbranched alkanes of at least 4 members (excludes halogenated alkanes) is 2. The summed E-state index contributed by atoms with van der Waals surface area (Å²) in [5.74, 6) is 0.559. The molecule has 0 spiro atoms. The van der Waals surface area contributed by atoms with Crippen molar-refractivity contribution in [2.45, 2.75) is 116 Å². The van der Waals surface area contributed by atoms with Gasteiger partial charge in [-0.25, -0.2) is 8.78 Å². The number of rotatable bonds is 11. The molecule has 0 bridgehead atoms. The van der Waals surface area contributed by atoms with E-state index in [4.69, 9.17) is 0 Å². The summed E-state index contributed by atoms with van der Waals surface area (Å²) in [4.78, 5) is 0. The molecule has 1 aromatic carbocycles. The SMILES string of the molecule is CCCCCC1=CCC(c2ccc(C=CCCC3CCC(CCC)CC3)c(F)c2F)CC1. The molecular formula is C30H44F2. The number of hydrogen-bond donors (Lipinski definition) is 0. The minimum Gasteiger partial charge on any atom is -0.203 e. The molecule has 0 aliphatic heterocycles. The van der Waals surface area contributed by atoms with Crippen LogP contribution in [0.2, 0.25) is 0 Å². The van der Waals surface area contributed by atoms with Crippen molar-refractivity contribution in [3.8, 4) is 0 Å². The Labute approximate surface area is 195 Å². The van der Waals surface area contributed by atoms with E-state index in [9.17, 15) is 8.78 Å². The first kappa shape index (κ1) is 25.2. The molecule has 1 fully saturated rings. The maximum atomic E-state index is 14.9.